The summed E-state index contributed by atoms with van der Waals surface area (Å²) in [5, 5.41) is 2.75. The largest absolute Gasteiger partial charge is 0.444 e. The van der Waals surface area contributed by atoms with Crippen molar-refractivity contribution in [2.75, 3.05) is 0 Å². The van der Waals surface area contributed by atoms with E-state index in [2.05, 4.69) is 5.32 Å². The molecule has 0 spiro atoms. The van der Waals surface area contributed by atoms with E-state index in [9.17, 15) is 9.59 Å². The fraction of sp³-hybridized carbons (Fsp3) is 0.600. The van der Waals surface area contributed by atoms with Crippen molar-refractivity contribution in [2.45, 2.75) is 59.1 Å². The Balaban J connectivity index is 2.55. The molecule has 0 saturated heterocycles. The van der Waals surface area contributed by atoms with Gasteiger partial charge in [-0.3, -0.25) is 4.79 Å². The minimum Gasteiger partial charge on any atom is -0.444 e. The highest BCUT2D eigenvalue weighted by atomic mass is 32.1. The van der Waals surface area contributed by atoms with E-state index in [-0.39, 0.29) is 11.8 Å². The number of amides is 1. The van der Waals surface area contributed by atoms with Crippen LogP contribution in [0.2, 0.25) is 0 Å². The van der Waals surface area contributed by atoms with Crippen LogP contribution in [0.25, 0.3) is 0 Å². The van der Waals surface area contributed by atoms with Crippen LogP contribution in [-0.4, -0.2) is 23.5 Å². The van der Waals surface area contributed by atoms with Gasteiger partial charge in [-0.1, -0.05) is 6.92 Å². The first-order valence-electron chi connectivity index (χ1n) is 6.80. The van der Waals surface area contributed by atoms with Crippen LogP contribution in [-0.2, 0) is 4.74 Å². The van der Waals surface area contributed by atoms with Crippen molar-refractivity contribution in [1.82, 2.24) is 5.32 Å². The minimum absolute atomic E-state index is 0.0611. The molecule has 1 rings (SSSR count). The monoisotopic (exact) mass is 297 g/mol. The molecule has 0 bridgehead atoms. The van der Waals surface area contributed by atoms with Gasteiger partial charge in [0.25, 0.3) is 0 Å². The second-order valence-electron chi connectivity index (χ2n) is 5.79. The van der Waals surface area contributed by atoms with E-state index in [0.29, 0.717) is 12.8 Å². The minimum atomic E-state index is -0.531. The smallest absolute Gasteiger partial charge is 0.407 e. The van der Waals surface area contributed by atoms with Crippen LogP contribution < -0.4 is 5.32 Å². The zero-order valence-electron chi connectivity index (χ0n) is 12.8. The molecule has 1 heterocycles. The standard InChI is InChI=1S/C15H23NO3S/c1-6-11(16-14(18)19-15(3,4)5)9-12(17)13-8-7-10(2)20-13/h7-8,11H,6,9H2,1-5H3,(H,16,18). The van der Waals surface area contributed by atoms with Gasteiger partial charge in [0.2, 0.25) is 0 Å². The number of Topliss-reactive ketones (excluding diaryl/α,β-unsaturated/α-hetero) is 1. The molecule has 0 saturated carbocycles. The van der Waals surface area contributed by atoms with Gasteiger partial charge in [-0.15, -0.1) is 11.3 Å². The van der Waals surface area contributed by atoms with Gasteiger partial charge in [0.15, 0.2) is 5.78 Å². The molecule has 1 unspecified atom stereocenters. The highest BCUT2D eigenvalue weighted by molar-refractivity contribution is 7.14. The first kappa shape index (κ1) is 16.7. The molecular weight excluding hydrogens is 274 g/mol. The third-order valence-electron chi connectivity index (χ3n) is 2.66. The van der Waals surface area contributed by atoms with E-state index < -0.39 is 11.7 Å². The summed E-state index contributed by atoms with van der Waals surface area (Å²) in [4.78, 5) is 25.7. The summed E-state index contributed by atoms with van der Waals surface area (Å²) in [6, 6.07) is 3.57. The number of ether oxygens (including phenoxy) is 1. The third-order valence-corrected chi connectivity index (χ3v) is 3.70. The maximum absolute atomic E-state index is 12.1. The molecule has 0 aliphatic carbocycles. The van der Waals surface area contributed by atoms with Gasteiger partial charge < -0.3 is 10.1 Å². The summed E-state index contributed by atoms with van der Waals surface area (Å²) in [5.74, 6) is 0.0611. The number of carbonyl (C=O) groups excluding carboxylic acids is 2. The number of alkyl carbamates (subject to hydrolysis) is 1. The number of hydrogen-bond donors (Lipinski definition) is 1. The topological polar surface area (TPSA) is 55.4 Å². The molecule has 1 N–H and O–H groups in total. The van der Waals surface area contributed by atoms with E-state index >= 15 is 0 Å². The molecule has 0 fully saturated rings. The lowest BCUT2D eigenvalue weighted by molar-refractivity contribution is 0.0500. The van der Waals surface area contributed by atoms with Crippen molar-refractivity contribution in [2.24, 2.45) is 0 Å². The summed E-state index contributed by atoms with van der Waals surface area (Å²) in [7, 11) is 0. The van der Waals surface area contributed by atoms with Crippen LogP contribution >= 0.6 is 11.3 Å². The Morgan fingerprint density at radius 2 is 2.00 bits per heavy atom. The van der Waals surface area contributed by atoms with Crippen molar-refractivity contribution in [3.05, 3.63) is 21.9 Å². The Morgan fingerprint density at radius 1 is 1.35 bits per heavy atom. The predicted molar refractivity (Wildman–Crippen MR) is 81.5 cm³/mol. The van der Waals surface area contributed by atoms with Gasteiger partial charge in [0, 0.05) is 17.3 Å². The molecule has 0 aliphatic heterocycles. The number of carbonyl (C=O) groups is 2. The lowest BCUT2D eigenvalue weighted by atomic mass is 10.1. The second-order valence-corrected chi connectivity index (χ2v) is 7.08. The van der Waals surface area contributed by atoms with Crippen LogP contribution in [0.4, 0.5) is 4.79 Å². The van der Waals surface area contributed by atoms with E-state index in [1.165, 1.54) is 11.3 Å². The van der Waals surface area contributed by atoms with E-state index in [1.807, 2.05) is 46.8 Å². The molecule has 1 atom stereocenters. The number of nitrogens with one attached hydrogen (secondary N) is 1. The van der Waals surface area contributed by atoms with Crippen LogP contribution in [0, 0.1) is 6.92 Å². The summed E-state index contributed by atoms with van der Waals surface area (Å²) in [5.41, 5.74) is -0.531. The summed E-state index contributed by atoms with van der Waals surface area (Å²) in [6.07, 6.45) is 0.518. The van der Waals surface area contributed by atoms with Crippen LogP contribution in [0.15, 0.2) is 12.1 Å². The Labute approximate surface area is 124 Å². The first-order valence-corrected chi connectivity index (χ1v) is 7.62. The van der Waals surface area contributed by atoms with Crippen molar-refractivity contribution in [3.63, 3.8) is 0 Å². The number of hydrogen-bond acceptors (Lipinski definition) is 4. The molecule has 1 aromatic heterocycles. The SMILES string of the molecule is CCC(CC(=O)c1ccc(C)s1)NC(=O)OC(C)(C)C. The van der Waals surface area contributed by atoms with E-state index in [4.69, 9.17) is 4.74 Å². The highest BCUT2D eigenvalue weighted by Gasteiger charge is 2.21. The summed E-state index contributed by atoms with van der Waals surface area (Å²) in [6.45, 7) is 9.35. The Hall–Kier alpha value is -1.36. The highest BCUT2D eigenvalue weighted by Crippen LogP contribution is 2.18. The Morgan fingerprint density at radius 3 is 2.45 bits per heavy atom. The van der Waals surface area contributed by atoms with E-state index in [1.54, 1.807) is 0 Å². The lowest BCUT2D eigenvalue weighted by Crippen LogP contribution is -2.39. The molecule has 0 aromatic carbocycles. The molecule has 4 nitrogen and oxygen atoms in total. The number of rotatable bonds is 5. The van der Waals surface area contributed by atoms with Crippen LogP contribution in [0.3, 0.4) is 0 Å². The number of aryl methyl sites for hydroxylation is 1. The molecule has 0 radical (unpaired) electrons. The fourth-order valence-electron chi connectivity index (χ4n) is 1.68. The summed E-state index contributed by atoms with van der Waals surface area (Å²) < 4.78 is 5.20. The number of ketones is 1. The summed E-state index contributed by atoms with van der Waals surface area (Å²) >= 11 is 1.48. The van der Waals surface area contributed by atoms with Gasteiger partial charge in [0.1, 0.15) is 5.60 Å². The quantitative estimate of drug-likeness (QED) is 0.838. The van der Waals surface area contributed by atoms with Crippen LogP contribution in [0.1, 0.15) is 55.1 Å². The van der Waals surface area contributed by atoms with Gasteiger partial charge in [-0.05, 0) is 46.2 Å². The number of thiophene rings is 1. The molecule has 1 aromatic rings. The average molecular weight is 297 g/mol. The van der Waals surface area contributed by atoms with Crippen molar-refractivity contribution in [1.29, 1.82) is 0 Å². The third kappa shape index (κ3) is 5.74. The maximum Gasteiger partial charge on any atom is 0.407 e. The molecule has 112 valence electrons. The molecule has 1 amide bonds. The van der Waals surface area contributed by atoms with Crippen molar-refractivity contribution in [3.8, 4) is 0 Å². The zero-order chi connectivity index (χ0) is 15.3. The van der Waals surface area contributed by atoms with Crippen LogP contribution in [0.5, 0.6) is 0 Å². The van der Waals surface area contributed by atoms with Gasteiger partial charge in [0.05, 0.1) is 4.88 Å². The fourth-order valence-corrected chi connectivity index (χ4v) is 2.50. The Kier molecular flexibility index (Phi) is 5.74. The van der Waals surface area contributed by atoms with Gasteiger partial charge in [-0.2, -0.15) is 0 Å². The molecular formula is C15H23NO3S. The van der Waals surface area contributed by atoms with Crippen molar-refractivity contribution >= 4 is 23.2 Å². The van der Waals surface area contributed by atoms with E-state index in [0.717, 1.165) is 9.75 Å². The van der Waals surface area contributed by atoms with Crippen molar-refractivity contribution < 1.29 is 14.3 Å². The van der Waals surface area contributed by atoms with Gasteiger partial charge >= 0.3 is 6.09 Å². The molecule has 5 heteroatoms. The average Bonchev–Trinajstić information content (AvgIpc) is 2.72. The molecule has 20 heavy (non-hydrogen) atoms. The molecule has 0 aliphatic rings. The zero-order valence-corrected chi connectivity index (χ0v) is 13.6. The van der Waals surface area contributed by atoms with Gasteiger partial charge in [-0.25, -0.2) is 4.79 Å². The lowest BCUT2D eigenvalue weighted by Gasteiger charge is -2.22. The predicted octanol–water partition coefficient (Wildman–Crippen LogP) is 3.93. The second kappa shape index (κ2) is 6.88. The Bertz CT molecular complexity index is 474. The maximum atomic E-state index is 12.1. The first-order chi connectivity index (χ1) is 9.21. The normalized spacial score (nSPS) is 12.8.